The van der Waals surface area contributed by atoms with Crippen molar-refractivity contribution < 1.29 is 0 Å². The summed E-state index contributed by atoms with van der Waals surface area (Å²) in [7, 11) is 0. The van der Waals surface area contributed by atoms with E-state index in [0.29, 0.717) is 12.5 Å². The van der Waals surface area contributed by atoms with Gasteiger partial charge in [-0.15, -0.1) is 0 Å². The first-order chi connectivity index (χ1) is 8.17. The van der Waals surface area contributed by atoms with Crippen LogP contribution in [0.15, 0.2) is 42.5 Å². The zero-order valence-corrected chi connectivity index (χ0v) is 11.0. The van der Waals surface area contributed by atoms with Crippen molar-refractivity contribution in [1.29, 1.82) is 0 Å². The first-order valence-corrected chi connectivity index (χ1v) is 6.29. The molecule has 17 heavy (non-hydrogen) atoms. The maximum absolute atomic E-state index is 5.89. The molecule has 0 aliphatic rings. The molecular weight excluding hydrogens is 208 g/mol. The molecule has 0 spiro atoms. The molecule has 0 aromatic heterocycles. The molecular formula is C15H24N2. The van der Waals surface area contributed by atoms with Gasteiger partial charge in [-0.1, -0.05) is 49.4 Å². The van der Waals surface area contributed by atoms with E-state index in [2.05, 4.69) is 49.6 Å². The van der Waals surface area contributed by atoms with E-state index in [4.69, 9.17) is 5.73 Å². The van der Waals surface area contributed by atoms with Crippen LogP contribution in [-0.4, -0.2) is 31.1 Å². The first kappa shape index (κ1) is 13.9. The number of rotatable bonds is 7. The summed E-state index contributed by atoms with van der Waals surface area (Å²) in [5.41, 5.74) is 8.42. The van der Waals surface area contributed by atoms with Gasteiger partial charge < -0.3 is 5.73 Å². The van der Waals surface area contributed by atoms with Gasteiger partial charge in [0.25, 0.3) is 0 Å². The molecule has 0 fully saturated rings. The molecule has 2 nitrogen and oxygen atoms in total. The minimum absolute atomic E-state index is 0.412. The van der Waals surface area contributed by atoms with E-state index in [9.17, 15) is 0 Å². The SMILES string of the molecule is C=C(C)CN(CC)CC(CN)c1ccccc1. The lowest BCUT2D eigenvalue weighted by molar-refractivity contribution is 0.292. The van der Waals surface area contributed by atoms with Crippen molar-refractivity contribution in [2.24, 2.45) is 5.73 Å². The van der Waals surface area contributed by atoms with Gasteiger partial charge in [-0.05, 0) is 19.0 Å². The van der Waals surface area contributed by atoms with Crippen molar-refractivity contribution in [1.82, 2.24) is 4.90 Å². The first-order valence-electron chi connectivity index (χ1n) is 6.29. The number of hydrogen-bond acceptors (Lipinski definition) is 2. The summed E-state index contributed by atoms with van der Waals surface area (Å²) < 4.78 is 0. The quantitative estimate of drug-likeness (QED) is 0.732. The Morgan fingerprint density at radius 3 is 2.47 bits per heavy atom. The maximum Gasteiger partial charge on any atom is 0.0187 e. The minimum Gasteiger partial charge on any atom is -0.330 e. The lowest BCUT2D eigenvalue weighted by Gasteiger charge is -2.26. The van der Waals surface area contributed by atoms with E-state index in [1.165, 1.54) is 11.1 Å². The third-order valence-corrected chi connectivity index (χ3v) is 2.97. The summed E-state index contributed by atoms with van der Waals surface area (Å²) in [4.78, 5) is 2.40. The Labute approximate surface area is 105 Å². The number of benzene rings is 1. The molecule has 0 aliphatic heterocycles. The normalized spacial score (nSPS) is 12.7. The van der Waals surface area contributed by atoms with Crippen LogP contribution in [0.25, 0.3) is 0 Å². The Kier molecular flexibility index (Phi) is 5.95. The summed E-state index contributed by atoms with van der Waals surface area (Å²) in [5.74, 6) is 0.412. The molecule has 0 saturated heterocycles. The van der Waals surface area contributed by atoms with Crippen molar-refractivity contribution in [2.45, 2.75) is 19.8 Å². The number of likely N-dealkylation sites (N-methyl/N-ethyl adjacent to an activating group) is 1. The van der Waals surface area contributed by atoms with E-state index >= 15 is 0 Å². The average molecular weight is 232 g/mol. The Hall–Kier alpha value is -1.12. The van der Waals surface area contributed by atoms with Gasteiger partial charge >= 0.3 is 0 Å². The standard InChI is InChI=1S/C15H24N2/c1-4-17(11-13(2)3)12-15(10-16)14-8-6-5-7-9-14/h5-9,15H,2,4,10-12,16H2,1,3H3. The summed E-state index contributed by atoms with van der Waals surface area (Å²) in [6, 6.07) is 10.5. The van der Waals surface area contributed by atoms with Crippen LogP contribution in [0.5, 0.6) is 0 Å². The fourth-order valence-corrected chi connectivity index (χ4v) is 2.04. The fourth-order valence-electron chi connectivity index (χ4n) is 2.04. The molecule has 94 valence electrons. The van der Waals surface area contributed by atoms with E-state index in [-0.39, 0.29) is 0 Å². The third-order valence-electron chi connectivity index (χ3n) is 2.97. The number of nitrogens with zero attached hydrogens (tertiary/aromatic N) is 1. The molecule has 2 heteroatoms. The van der Waals surface area contributed by atoms with E-state index in [1.807, 2.05) is 6.07 Å². The molecule has 0 aliphatic carbocycles. The molecule has 0 radical (unpaired) electrons. The van der Waals surface area contributed by atoms with Crippen molar-refractivity contribution in [3.05, 3.63) is 48.0 Å². The van der Waals surface area contributed by atoms with E-state index < -0.39 is 0 Å². The Balaban J connectivity index is 2.65. The highest BCUT2D eigenvalue weighted by atomic mass is 15.1. The van der Waals surface area contributed by atoms with Crippen molar-refractivity contribution in [3.63, 3.8) is 0 Å². The summed E-state index contributed by atoms with van der Waals surface area (Å²) in [6.07, 6.45) is 0. The smallest absolute Gasteiger partial charge is 0.0187 e. The van der Waals surface area contributed by atoms with Crippen LogP contribution in [0.2, 0.25) is 0 Å². The molecule has 2 N–H and O–H groups in total. The third kappa shape index (κ3) is 4.72. The number of hydrogen-bond donors (Lipinski definition) is 1. The second-order valence-electron chi connectivity index (χ2n) is 4.63. The van der Waals surface area contributed by atoms with Crippen LogP contribution in [0.3, 0.4) is 0 Å². The molecule has 0 heterocycles. The molecule has 0 amide bonds. The van der Waals surface area contributed by atoms with Crippen LogP contribution < -0.4 is 5.73 Å². The minimum atomic E-state index is 0.412. The Morgan fingerprint density at radius 1 is 1.35 bits per heavy atom. The van der Waals surface area contributed by atoms with Crippen LogP contribution >= 0.6 is 0 Å². The molecule has 1 aromatic rings. The zero-order valence-electron chi connectivity index (χ0n) is 11.0. The van der Waals surface area contributed by atoms with Crippen LogP contribution in [0.4, 0.5) is 0 Å². The van der Waals surface area contributed by atoms with Crippen LogP contribution in [-0.2, 0) is 0 Å². The monoisotopic (exact) mass is 232 g/mol. The van der Waals surface area contributed by atoms with E-state index in [1.54, 1.807) is 0 Å². The molecule has 1 unspecified atom stereocenters. The highest BCUT2D eigenvalue weighted by molar-refractivity contribution is 5.20. The predicted octanol–water partition coefficient (Wildman–Crippen LogP) is 2.63. The molecule has 1 rings (SSSR count). The maximum atomic E-state index is 5.89. The molecule has 1 aromatic carbocycles. The summed E-state index contributed by atoms with van der Waals surface area (Å²) in [6.45, 7) is 11.9. The fraction of sp³-hybridized carbons (Fsp3) is 0.467. The summed E-state index contributed by atoms with van der Waals surface area (Å²) in [5, 5.41) is 0. The molecule has 0 bridgehead atoms. The van der Waals surface area contributed by atoms with Crippen LogP contribution in [0, 0.1) is 0 Å². The van der Waals surface area contributed by atoms with Gasteiger partial charge in [0.1, 0.15) is 0 Å². The van der Waals surface area contributed by atoms with Gasteiger partial charge in [-0.2, -0.15) is 0 Å². The lowest BCUT2D eigenvalue weighted by Crippen LogP contribution is -2.32. The van der Waals surface area contributed by atoms with Crippen LogP contribution in [0.1, 0.15) is 25.3 Å². The topological polar surface area (TPSA) is 29.3 Å². The largest absolute Gasteiger partial charge is 0.330 e. The lowest BCUT2D eigenvalue weighted by atomic mass is 9.98. The average Bonchev–Trinajstić information content (AvgIpc) is 2.35. The van der Waals surface area contributed by atoms with Gasteiger partial charge in [0.2, 0.25) is 0 Å². The highest BCUT2D eigenvalue weighted by Gasteiger charge is 2.13. The second kappa shape index (κ2) is 7.25. The zero-order chi connectivity index (χ0) is 12.7. The van der Waals surface area contributed by atoms with Crippen molar-refractivity contribution in [2.75, 3.05) is 26.2 Å². The molecule has 0 saturated carbocycles. The molecule has 1 atom stereocenters. The Morgan fingerprint density at radius 2 is 2.00 bits per heavy atom. The summed E-state index contributed by atoms with van der Waals surface area (Å²) >= 11 is 0. The van der Waals surface area contributed by atoms with E-state index in [0.717, 1.165) is 19.6 Å². The van der Waals surface area contributed by atoms with Crippen molar-refractivity contribution in [3.8, 4) is 0 Å². The van der Waals surface area contributed by atoms with Gasteiger partial charge in [-0.25, -0.2) is 0 Å². The highest BCUT2D eigenvalue weighted by Crippen LogP contribution is 2.16. The Bertz CT molecular complexity index is 332. The van der Waals surface area contributed by atoms with Gasteiger partial charge in [-0.3, -0.25) is 4.90 Å². The second-order valence-corrected chi connectivity index (χ2v) is 4.63. The van der Waals surface area contributed by atoms with Gasteiger partial charge in [0.05, 0.1) is 0 Å². The predicted molar refractivity (Wildman–Crippen MR) is 75.2 cm³/mol. The number of nitrogens with two attached hydrogens (primary N) is 1. The van der Waals surface area contributed by atoms with Gasteiger partial charge in [0, 0.05) is 25.6 Å². The van der Waals surface area contributed by atoms with Crippen molar-refractivity contribution >= 4 is 0 Å². The van der Waals surface area contributed by atoms with Gasteiger partial charge in [0.15, 0.2) is 0 Å².